The van der Waals surface area contributed by atoms with Gasteiger partial charge in [-0.1, -0.05) is 152 Å². The van der Waals surface area contributed by atoms with E-state index in [1.165, 1.54) is 55.2 Å². The van der Waals surface area contributed by atoms with Crippen LogP contribution in [0.25, 0.3) is 72.4 Å². The van der Waals surface area contributed by atoms with Crippen molar-refractivity contribution in [3.63, 3.8) is 0 Å². The minimum Gasteiger partial charge on any atom is -0.309 e. The van der Waals surface area contributed by atoms with Crippen LogP contribution in [0.2, 0.25) is 0 Å². The summed E-state index contributed by atoms with van der Waals surface area (Å²) in [6.07, 6.45) is 0. The maximum absolute atomic E-state index is 5.63. The van der Waals surface area contributed by atoms with Gasteiger partial charge in [0.25, 0.3) is 0 Å². The Hall–Kier alpha value is -6.58. The molecule has 2 aliphatic carbocycles. The van der Waals surface area contributed by atoms with E-state index in [0.29, 0.717) is 0 Å². The Morgan fingerprint density at radius 2 is 0.960 bits per heavy atom. The molecule has 2 aliphatic rings. The van der Waals surface area contributed by atoms with Gasteiger partial charge in [-0.25, -0.2) is 9.97 Å². The van der Waals surface area contributed by atoms with E-state index in [4.69, 9.17) is 9.97 Å². The third-order valence-corrected chi connectivity index (χ3v) is 10.8. The molecular weight excluding hydrogens is 607 g/mol. The van der Waals surface area contributed by atoms with Gasteiger partial charge in [0.15, 0.2) is 5.82 Å². The number of nitrogens with zero attached hydrogens (tertiary/aromatic N) is 3. The van der Waals surface area contributed by atoms with Crippen molar-refractivity contribution in [2.75, 3.05) is 0 Å². The van der Waals surface area contributed by atoms with Crippen LogP contribution in [0, 0.1) is 0 Å². The lowest BCUT2D eigenvalue weighted by Crippen LogP contribution is -2.27. The molecule has 0 saturated carbocycles. The van der Waals surface area contributed by atoms with Crippen LogP contribution in [0.5, 0.6) is 0 Å². The van der Waals surface area contributed by atoms with Crippen molar-refractivity contribution in [2.24, 2.45) is 0 Å². The van der Waals surface area contributed by atoms with E-state index in [9.17, 15) is 0 Å². The molecule has 0 amide bonds. The molecular formula is C47H29N3. The van der Waals surface area contributed by atoms with E-state index in [2.05, 4.69) is 174 Å². The Bertz CT molecular complexity index is 2710. The molecule has 9 aromatic rings. The van der Waals surface area contributed by atoms with Crippen molar-refractivity contribution in [2.45, 2.75) is 5.41 Å². The molecule has 3 heteroatoms. The van der Waals surface area contributed by atoms with Gasteiger partial charge in [-0.2, -0.15) is 0 Å². The smallest absolute Gasteiger partial charge is 0.160 e. The van der Waals surface area contributed by atoms with Crippen molar-refractivity contribution in [3.8, 4) is 50.6 Å². The average Bonchev–Trinajstić information content (AvgIpc) is 3.80. The first kappa shape index (κ1) is 27.4. The molecule has 2 aromatic heterocycles. The quantitative estimate of drug-likeness (QED) is 0.193. The highest BCUT2D eigenvalue weighted by molar-refractivity contribution is 6.09. The molecule has 0 N–H and O–H groups in total. The summed E-state index contributed by atoms with van der Waals surface area (Å²) in [5, 5.41) is 2.51. The van der Waals surface area contributed by atoms with Gasteiger partial charge < -0.3 is 4.57 Å². The van der Waals surface area contributed by atoms with E-state index in [0.717, 1.165) is 39.6 Å². The second kappa shape index (κ2) is 10.2. The number of aromatic nitrogens is 3. The lowest BCUT2D eigenvalue weighted by molar-refractivity contribution is 0.757. The van der Waals surface area contributed by atoms with Crippen LogP contribution < -0.4 is 0 Å². The molecule has 0 atom stereocenters. The van der Waals surface area contributed by atoms with Crippen LogP contribution in [0.4, 0.5) is 0 Å². The number of para-hydroxylation sites is 2. The standard InChI is InChI=1S/C47H29N3/c1-3-15-30(16-4-1)44-43-37-28-27-32(50-41-25-13-9-21-35(41)36-22-10-14-26-42(36)50)29-40(37)47(45(43)49-46(48-44)31-17-5-2-6-18-31)38-23-11-7-19-33(38)34-20-8-12-24-39(34)47/h1-29H. The lowest BCUT2D eigenvalue weighted by Gasteiger charge is -2.30. The summed E-state index contributed by atoms with van der Waals surface area (Å²) >= 11 is 0. The summed E-state index contributed by atoms with van der Waals surface area (Å²) in [4.78, 5) is 11.0. The van der Waals surface area contributed by atoms with Crippen LogP contribution in [-0.2, 0) is 5.41 Å². The van der Waals surface area contributed by atoms with Gasteiger partial charge in [-0.05, 0) is 57.6 Å². The molecule has 11 rings (SSSR count). The van der Waals surface area contributed by atoms with Crippen molar-refractivity contribution >= 4 is 21.8 Å². The Kier molecular flexibility index (Phi) is 5.59. The van der Waals surface area contributed by atoms with E-state index in [1.807, 2.05) is 6.07 Å². The number of benzene rings is 7. The molecule has 0 bridgehead atoms. The van der Waals surface area contributed by atoms with Gasteiger partial charge in [-0.15, -0.1) is 0 Å². The number of rotatable bonds is 3. The van der Waals surface area contributed by atoms with Crippen LogP contribution in [0.1, 0.15) is 22.4 Å². The zero-order chi connectivity index (χ0) is 32.8. The predicted octanol–water partition coefficient (Wildman–Crippen LogP) is 11.3. The Balaban J connectivity index is 1.31. The number of hydrogen-bond acceptors (Lipinski definition) is 2. The molecule has 0 aliphatic heterocycles. The van der Waals surface area contributed by atoms with Crippen molar-refractivity contribution in [1.29, 1.82) is 0 Å². The van der Waals surface area contributed by atoms with Gasteiger partial charge in [0.2, 0.25) is 0 Å². The monoisotopic (exact) mass is 635 g/mol. The first-order valence-corrected chi connectivity index (χ1v) is 17.2. The Labute approximate surface area is 289 Å². The van der Waals surface area contributed by atoms with Gasteiger partial charge in [0.1, 0.15) is 0 Å². The molecule has 0 fully saturated rings. The Morgan fingerprint density at radius 3 is 1.60 bits per heavy atom. The van der Waals surface area contributed by atoms with E-state index in [1.54, 1.807) is 0 Å². The summed E-state index contributed by atoms with van der Waals surface area (Å²) in [6.45, 7) is 0. The van der Waals surface area contributed by atoms with Gasteiger partial charge in [0, 0.05) is 33.2 Å². The van der Waals surface area contributed by atoms with Gasteiger partial charge in [-0.3, -0.25) is 0 Å². The SMILES string of the molecule is c1ccc(-c2nc(-c3ccccc3)c3c(n2)C2(c4ccccc4-c4ccccc42)c2cc(-n4c5ccccc5c5ccccc54)ccc2-3)cc1. The van der Waals surface area contributed by atoms with Crippen LogP contribution >= 0.6 is 0 Å². The van der Waals surface area contributed by atoms with Gasteiger partial charge in [0.05, 0.1) is 27.8 Å². The first-order chi connectivity index (χ1) is 24.8. The summed E-state index contributed by atoms with van der Waals surface area (Å²) in [5.41, 5.74) is 15.5. The lowest BCUT2D eigenvalue weighted by atomic mass is 9.72. The van der Waals surface area contributed by atoms with Crippen molar-refractivity contribution in [1.82, 2.24) is 14.5 Å². The molecule has 0 saturated heterocycles. The molecule has 0 radical (unpaired) electrons. The zero-order valence-corrected chi connectivity index (χ0v) is 27.1. The second-order valence-corrected chi connectivity index (χ2v) is 13.3. The molecule has 0 unspecified atom stereocenters. The highest BCUT2D eigenvalue weighted by Crippen LogP contribution is 2.63. The molecule has 2 heterocycles. The highest BCUT2D eigenvalue weighted by atomic mass is 15.0. The van der Waals surface area contributed by atoms with E-state index >= 15 is 0 Å². The van der Waals surface area contributed by atoms with Crippen molar-refractivity contribution < 1.29 is 0 Å². The zero-order valence-electron chi connectivity index (χ0n) is 27.1. The second-order valence-electron chi connectivity index (χ2n) is 13.3. The van der Waals surface area contributed by atoms with E-state index in [-0.39, 0.29) is 0 Å². The number of hydrogen-bond donors (Lipinski definition) is 0. The Morgan fingerprint density at radius 1 is 0.420 bits per heavy atom. The van der Waals surface area contributed by atoms with Crippen LogP contribution in [-0.4, -0.2) is 14.5 Å². The van der Waals surface area contributed by atoms with Crippen molar-refractivity contribution in [3.05, 3.63) is 198 Å². The number of fused-ring (bicyclic) bond motifs is 13. The first-order valence-electron chi connectivity index (χ1n) is 17.2. The topological polar surface area (TPSA) is 30.7 Å². The summed E-state index contributed by atoms with van der Waals surface area (Å²) in [7, 11) is 0. The average molecular weight is 636 g/mol. The normalized spacial score (nSPS) is 13.4. The fourth-order valence-electron chi connectivity index (χ4n) is 8.82. The van der Waals surface area contributed by atoms with Crippen LogP contribution in [0.15, 0.2) is 176 Å². The predicted molar refractivity (Wildman–Crippen MR) is 204 cm³/mol. The fraction of sp³-hybridized carbons (Fsp3) is 0.0213. The minimum absolute atomic E-state index is 0.636. The molecule has 232 valence electrons. The molecule has 1 spiro atoms. The largest absolute Gasteiger partial charge is 0.309 e. The third kappa shape index (κ3) is 3.53. The summed E-state index contributed by atoms with van der Waals surface area (Å²) < 4.78 is 2.42. The minimum atomic E-state index is -0.636. The fourth-order valence-corrected chi connectivity index (χ4v) is 8.82. The summed E-state index contributed by atoms with van der Waals surface area (Å²) in [6, 6.07) is 63.4. The van der Waals surface area contributed by atoms with E-state index < -0.39 is 5.41 Å². The molecule has 3 nitrogen and oxygen atoms in total. The van der Waals surface area contributed by atoms with Crippen LogP contribution in [0.3, 0.4) is 0 Å². The third-order valence-electron chi connectivity index (χ3n) is 10.8. The highest BCUT2D eigenvalue weighted by Gasteiger charge is 2.54. The molecule has 50 heavy (non-hydrogen) atoms. The maximum Gasteiger partial charge on any atom is 0.160 e. The molecule has 7 aromatic carbocycles. The maximum atomic E-state index is 5.63. The summed E-state index contributed by atoms with van der Waals surface area (Å²) in [5.74, 6) is 0.736. The van der Waals surface area contributed by atoms with Gasteiger partial charge >= 0.3 is 0 Å².